The highest BCUT2D eigenvalue weighted by Crippen LogP contribution is 2.31. The van der Waals surface area contributed by atoms with Crippen molar-refractivity contribution in [2.24, 2.45) is 0 Å². The lowest BCUT2D eigenvalue weighted by Gasteiger charge is -2.12. The molecule has 8 heteroatoms. The molecule has 0 amide bonds. The van der Waals surface area contributed by atoms with E-state index in [1.165, 1.54) is 27.4 Å². The molecule has 0 bridgehead atoms. The van der Waals surface area contributed by atoms with Gasteiger partial charge in [0.25, 0.3) is 0 Å². The van der Waals surface area contributed by atoms with E-state index in [4.69, 9.17) is 14.2 Å². The number of para-hydroxylation sites is 1. The van der Waals surface area contributed by atoms with Crippen LogP contribution in [-0.4, -0.2) is 50.2 Å². The van der Waals surface area contributed by atoms with Gasteiger partial charge in [0.15, 0.2) is 18.1 Å². The largest absolute Gasteiger partial charge is 0.493 e. The lowest BCUT2D eigenvalue weighted by atomic mass is 10.1. The number of esters is 2. The van der Waals surface area contributed by atoms with Gasteiger partial charge in [-0.3, -0.25) is 9.59 Å². The van der Waals surface area contributed by atoms with Gasteiger partial charge in [0.1, 0.15) is 5.56 Å². The lowest BCUT2D eigenvalue weighted by molar-refractivity contribution is -0.140. The number of hydrogen-bond donors (Lipinski definition) is 0. The summed E-state index contributed by atoms with van der Waals surface area (Å²) in [6, 6.07) is 6.54. The van der Waals surface area contributed by atoms with Crippen molar-refractivity contribution in [2.75, 3.05) is 27.9 Å². The van der Waals surface area contributed by atoms with Gasteiger partial charge in [-0.25, -0.2) is 4.79 Å². The van der Waals surface area contributed by atoms with Crippen LogP contribution in [0.3, 0.4) is 0 Å². The van der Waals surface area contributed by atoms with Gasteiger partial charge in [0.05, 0.1) is 27.8 Å². The number of carbonyl (C=O) groups is 3. The van der Waals surface area contributed by atoms with Crippen LogP contribution < -0.4 is 9.47 Å². The van der Waals surface area contributed by atoms with E-state index >= 15 is 0 Å². The maximum atomic E-state index is 12.6. The Hall–Kier alpha value is -3.29. The number of rotatable bonds is 9. The molecule has 0 saturated carbocycles. The smallest absolute Gasteiger partial charge is 0.342 e. The number of hydrogen-bond acceptors (Lipinski definition) is 7. The minimum atomic E-state index is -0.686. The zero-order valence-corrected chi connectivity index (χ0v) is 17.2. The fourth-order valence-electron chi connectivity index (χ4n) is 3.07. The van der Waals surface area contributed by atoms with Crippen molar-refractivity contribution in [1.29, 1.82) is 0 Å². The second-order valence-electron chi connectivity index (χ2n) is 6.30. The highest BCUT2D eigenvalue weighted by molar-refractivity contribution is 6.01. The average molecular weight is 403 g/mol. The quantitative estimate of drug-likeness (QED) is 0.469. The molecule has 0 fully saturated rings. The second-order valence-corrected chi connectivity index (χ2v) is 6.30. The minimum Gasteiger partial charge on any atom is -0.493 e. The highest BCUT2D eigenvalue weighted by Gasteiger charge is 2.21. The molecule has 0 aliphatic heterocycles. The van der Waals surface area contributed by atoms with E-state index in [2.05, 4.69) is 4.74 Å². The van der Waals surface area contributed by atoms with Crippen LogP contribution in [0.2, 0.25) is 0 Å². The number of Topliss-reactive ketones (excluding diaryl/α,β-unsaturated/α-hetero) is 1. The molecule has 2 rings (SSSR count). The van der Waals surface area contributed by atoms with E-state index in [1.807, 2.05) is 11.5 Å². The Morgan fingerprint density at radius 1 is 1.00 bits per heavy atom. The molecule has 0 saturated heterocycles. The molecule has 0 atom stereocenters. The fraction of sp³-hybridized carbons (Fsp3) is 0.381. The number of aromatic nitrogens is 1. The van der Waals surface area contributed by atoms with E-state index in [0.29, 0.717) is 23.6 Å². The molecule has 1 heterocycles. The topological polar surface area (TPSA) is 93.1 Å². The first kappa shape index (κ1) is 22.0. The van der Waals surface area contributed by atoms with Crippen molar-refractivity contribution in [3.63, 3.8) is 0 Å². The Labute approximate surface area is 169 Å². The second kappa shape index (κ2) is 9.77. The van der Waals surface area contributed by atoms with E-state index in [1.54, 1.807) is 25.1 Å². The normalized spacial score (nSPS) is 10.4. The first-order valence-corrected chi connectivity index (χ1v) is 8.98. The summed E-state index contributed by atoms with van der Waals surface area (Å²) < 4.78 is 22.1. The molecule has 156 valence electrons. The van der Waals surface area contributed by atoms with E-state index in [0.717, 1.165) is 5.69 Å². The van der Waals surface area contributed by atoms with Crippen LogP contribution in [0.5, 0.6) is 11.5 Å². The van der Waals surface area contributed by atoms with Crippen molar-refractivity contribution >= 4 is 17.7 Å². The molecule has 29 heavy (non-hydrogen) atoms. The number of methoxy groups -OCH3 is 3. The van der Waals surface area contributed by atoms with E-state index < -0.39 is 12.6 Å². The van der Waals surface area contributed by atoms with E-state index in [9.17, 15) is 14.4 Å². The van der Waals surface area contributed by atoms with Crippen LogP contribution in [0.4, 0.5) is 0 Å². The molecule has 0 aliphatic rings. The molecule has 2 aromatic rings. The Kier molecular flexibility index (Phi) is 7.41. The number of aryl methyl sites for hydroxylation is 1. The van der Waals surface area contributed by atoms with Crippen LogP contribution in [0.1, 0.15) is 38.5 Å². The molecule has 8 nitrogen and oxygen atoms in total. The van der Waals surface area contributed by atoms with Gasteiger partial charge in [-0.2, -0.15) is 0 Å². The highest BCUT2D eigenvalue weighted by atomic mass is 16.5. The van der Waals surface area contributed by atoms with Gasteiger partial charge in [-0.1, -0.05) is 6.07 Å². The fourth-order valence-corrected chi connectivity index (χ4v) is 3.07. The summed E-state index contributed by atoms with van der Waals surface area (Å²) in [5.74, 6) is -0.714. The molecular weight excluding hydrogens is 378 g/mol. The number of benzene rings is 1. The molecular formula is C21H25NO7. The first-order chi connectivity index (χ1) is 13.8. The van der Waals surface area contributed by atoms with Gasteiger partial charge < -0.3 is 23.5 Å². The van der Waals surface area contributed by atoms with Crippen LogP contribution in [0.25, 0.3) is 0 Å². The summed E-state index contributed by atoms with van der Waals surface area (Å²) in [7, 11) is 4.22. The summed E-state index contributed by atoms with van der Waals surface area (Å²) in [5.41, 5.74) is 2.14. The predicted molar refractivity (Wildman–Crippen MR) is 105 cm³/mol. The van der Waals surface area contributed by atoms with Gasteiger partial charge in [0.2, 0.25) is 5.78 Å². The molecule has 1 aromatic carbocycles. The van der Waals surface area contributed by atoms with Crippen molar-refractivity contribution in [1.82, 2.24) is 4.57 Å². The monoisotopic (exact) mass is 403 g/mol. The Balaban J connectivity index is 2.10. The van der Waals surface area contributed by atoms with Crippen LogP contribution in [0.15, 0.2) is 24.3 Å². The maximum absolute atomic E-state index is 12.6. The zero-order chi connectivity index (χ0) is 21.6. The molecule has 0 unspecified atom stereocenters. The standard InChI is InChI=1S/C21H25NO7/c1-13-11-16(14(2)22(13)10-9-19(24)27-4)17(23)12-29-21(25)15-7-6-8-18(26-3)20(15)28-5/h6-8,11H,9-10,12H2,1-5H3. The molecule has 0 spiro atoms. The minimum absolute atomic E-state index is 0.170. The van der Waals surface area contributed by atoms with Gasteiger partial charge in [0, 0.05) is 23.5 Å². The Morgan fingerprint density at radius 3 is 2.34 bits per heavy atom. The number of ketones is 1. The number of carbonyl (C=O) groups excluding carboxylic acids is 3. The van der Waals surface area contributed by atoms with Crippen LogP contribution in [-0.2, 0) is 20.8 Å². The van der Waals surface area contributed by atoms with Crippen LogP contribution >= 0.6 is 0 Å². The molecule has 1 aromatic heterocycles. The predicted octanol–water partition coefficient (Wildman–Crippen LogP) is 2.72. The third kappa shape index (κ3) is 4.96. The number of nitrogens with zero attached hydrogens (tertiary/aromatic N) is 1. The summed E-state index contributed by atoms with van der Waals surface area (Å²) in [6.45, 7) is 3.61. The molecule has 0 N–H and O–H groups in total. The van der Waals surface area contributed by atoms with Crippen LogP contribution in [0, 0.1) is 13.8 Å². The maximum Gasteiger partial charge on any atom is 0.342 e. The summed E-state index contributed by atoms with van der Waals surface area (Å²) >= 11 is 0. The SMILES string of the molecule is COC(=O)CCn1c(C)cc(C(=O)COC(=O)c2cccc(OC)c2OC)c1C. The molecule has 0 radical (unpaired) electrons. The van der Waals surface area contributed by atoms with E-state index in [-0.39, 0.29) is 29.5 Å². The molecule has 0 aliphatic carbocycles. The zero-order valence-electron chi connectivity index (χ0n) is 17.2. The van der Waals surface area contributed by atoms with Gasteiger partial charge in [-0.05, 0) is 32.0 Å². The van der Waals surface area contributed by atoms with Crippen molar-refractivity contribution < 1.29 is 33.3 Å². The van der Waals surface area contributed by atoms with Crippen molar-refractivity contribution in [2.45, 2.75) is 26.8 Å². The Bertz CT molecular complexity index is 914. The summed E-state index contributed by atoms with van der Waals surface area (Å²) in [6.07, 6.45) is 0.200. The summed E-state index contributed by atoms with van der Waals surface area (Å²) in [4.78, 5) is 36.4. The van der Waals surface area contributed by atoms with Gasteiger partial charge >= 0.3 is 11.9 Å². The first-order valence-electron chi connectivity index (χ1n) is 8.98. The van der Waals surface area contributed by atoms with Crippen molar-refractivity contribution in [3.05, 3.63) is 46.8 Å². The van der Waals surface area contributed by atoms with Crippen molar-refractivity contribution in [3.8, 4) is 11.5 Å². The lowest BCUT2D eigenvalue weighted by Crippen LogP contribution is -2.16. The third-order valence-electron chi connectivity index (χ3n) is 4.60. The van der Waals surface area contributed by atoms with Gasteiger partial charge in [-0.15, -0.1) is 0 Å². The third-order valence-corrected chi connectivity index (χ3v) is 4.60. The number of ether oxygens (including phenoxy) is 4. The Morgan fingerprint density at radius 2 is 1.72 bits per heavy atom. The summed E-state index contributed by atoms with van der Waals surface area (Å²) in [5, 5.41) is 0. The average Bonchev–Trinajstić information content (AvgIpc) is 3.02.